The summed E-state index contributed by atoms with van der Waals surface area (Å²) in [6.07, 6.45) is 5.75. The van der Waals surface area contributed by atoms with E-state index in [-0.39, 0.29) is 0 Å². The van der Waals surface area contributed by atoms with Gasteiger partial charge in [-0.2, -0.15) is 4.39 Å². The fraction of sp³-hybridized carbons (Fsp3) is 0.238. The molecular formula is C21H20FN5S. The van der Waals surface area contributed by atoms with E-state index in [0.29, 0.717) is 17.1 Å². The van der Waals surface area contributed by atoms with Gasteiger partial charge >= 0.3 is 0 Å². The fourth-order valence-corrected chi connectivity index (χ4v) is 4.11. The number of aliphatic imine (C=N–C) groups is 1. The Labute approximate surface area is 167 Å². The average molecular weight is 393 g/mol. The first kappa shape index (κ1) is 18.6. The van der Waals surface area contributed by atoms with Gasteiger partial charge in [-0.05, 0) is 56.0 Å². The van der Waals surface area contributed by atoms with Crippen LogP contribution in [0.25, 0.3) is 11.3 Å². The van der Waals surface area contributed by atoms with E-state index in [0.717, 1.165) is 47.9 Å². The van der Waals surface area contributed by atoms with Gasteiger partial charge in [0.2, 0.25) is 5.95 Å². The van der Waals surface area contributed by atoms with Crippen LogP contribution >= 0.6 is 11.8 Å². The molecule has 0 aromatic carbocycles. The van der Waals surface area contributed by atoms with Crippen LogP contribution < -0.4 is 4.90 Å². The zero-order valence-corrected chi connectivity index (χ0v) is 16.2. The Kier molecular flexibility index (Phi) is 5.62. The molecule has 4 rings (SSSR count). The third-order valence-corrected chi connectivity index (χ3v) is 5.76. The smallest absolute Gasteiger partial charge is 0.218 e. The molecule has 1 aliphatic rings. The van der Waals surface area contributed by atoms with Gasteiger partial charge < -0.3 is 4.90 Å². The molecule has 0 atom stereocenters. The molecule has 0 saturated carbocycles. The van der Waals surface area contributed by atoms with Gasteiger partial charge in [0.1, 0.15) is 5.82 Å². The van der Waals surface area contributed by atoms with E-state index in [1.807, 2.05) is 36.4 Å². The quantitative estimate of drug-likeness (QED) is 0.339. The lowest BCUT2D eigenvalue weighted by Gasteiger charge is -2.16. The molecule has 0 bridgehead atoms. The highest BCUT2D eigenvalue weighted by atomic mass is 32.2. The maximum absolute atomic E-state index is 14.5. The van der Waals surface area contributed by atoms with Crippen LogP contribution in [0.4, 0.5) is 16.0 Å². The van der Waals surface area contributed by atoms with Crippen molar-refractivity contribution in [3.63, 3.8) is 0 Å². The summed E-state index contributed by atoms with van der Waals surface area (Å²) >= 11 is 1.48. The number of rotatable bonds is 6. The van der Waals surface area contributed by atoms with Crippen molar-refractivity contribution in [3.05, 3.63) is 60.3 Å². The second kappa shape index (κ2) is 8.48. The average Bonchev–Trinajstić information content (AvgIpc) is 3.28. The van der Waals surface area contributed by atoms with Crippen molar-refractivity contribution in [2.75, 3.05) is 18.0 Å². The lowest BCUT2D eigenvalue weighted by molar-refractivity contribution is 0.572. The molecule has 1 saturated heterocycles. The molecule has 3 aromatic rings. The Morgan fingerprint density at radius 1 is 1.11 bits per heavy atom. The SMILES string of the molecule is C=Nc1nc(-c2cccnc2)ccc1SCc1ccc(N2CCCC2)nc1F. The van der Waals surface area contributed by atoms with E-state index in [1.165, 1.54) is 11.8 Å². The van der Waals surface area contributed by atoms with Crippen LogP contribution in [0.2, 0.25) is 0 Å². The van der Waals surface area contributed by atoms with Crippen LogP contribution in [-0.2, 0) is 5.75 Å². The molecule has 0 amide bonds. The Morgan fingerprint density at radius 3 is 2.68 bits per heavy atom. The molecule has 4 heterocycles. The van der Waals surface area contributed by atoms with Gasteiger partial charge in [0.25, 0.3) is 0 Å². The second-order valence-corrected chi connectivity index (χ2v) is 7.54. The van der Waals surface area contributed by atoms with Crippen LogP contribution in [0.3, 0.4) is 0 Å². The predicted octanol–water partition coefficient (Wildman–Crippen LogP) is 4.90. The zero-order valence-electron chi connectivity index (χ0n) is 15.4. The van der Waals surface area contributed by atoms with Crippen LogP contribution in [0.5, 0.6) is 0 Å². The summed E-state index contributed by atoms with van der Waals surface area (Å²) in [6, 6.07) is 11.4. The molecule has 3 aromatic heterocycles. The van der Waals surface area contributed by atoms with Crippen LogP contribution in [0, 0.1) is 5.95 Å². The van der Waals surface area contributed by atoms with Crippen LogP contribution in [-0.4, -0.2) is 34.8 Å². The van der Waals surface area contributed by atoms with Crippen molar-refractivity contribution >= 4 is 30.1 Å². The zero-order chi connectivity index (χ0) is 19.3. The van der Waals surface area contributed by atoms with Gasteiger partial charge in [0.05, 0.1) is 10.6 Å². The van der Waals surface area contributed by atoms with Gasteiger partial charge in [-0.1, -0.05) is 0 Å². The van der Waals surface area contributed by atoms with Crippen molar-refractivity contribution in [1.82, 2.24) is 15.0 Å². The molecular weight excluding hydrogens is 373 g/mol. The van der Waals surface area contributed by atoms with Gasteiger partial charge in [0, 0.05) is 42.4 Å². The lowest BCUT2D eigenvalue weighted by Crippen LogP contribution is -2.19. The molecule has 0 radical (unpaired) electrons. The van der Waals surface area contributed by atoms with E-state index < -0.39 is 5.95 Å². The summed E-state index contributed by atoms with van der Waals surface area (Å²) in [5.41, 5.74) is 2.26. The Hall–Kier alpha value is -2.80. The molecule has 0 unspecified atom stereocenters. The van der Waals surface area contributed by atoms with E-state index in [4.69, 9.17) is 0 Å². The summed E-state index contributed by atoms with van der Waals surface area (Å²) in [4.78, 5) is 19.8. The third kappa shape index (κ3) is 4.04. The van der Waals surface area contributed by atoms with Crippen molar-refractivity contribution in [2.45, 2.75) is 23.5 Å². The first-order valence-corrected chi connectivity index (χ1v) is 10.1. The van der Waals surface area contributed by atoms with Crippen molar-refractivity contribution in [2.24, 2.45) is 4.99 Å². The maximum Gasteiger partial charge on any atom is 0.218 e. The minimum atomic E-state index is -0.412. The van der Waals surface area contributed by atoms with Crippen molar-refractivity contribution in [1.29, 1.82) is 0 Å². The normalized spacial score (nSPS) is 13.7. The van der Waals surface area contributed by atoms with Crippen molar-refractivity contribution in [3.8, 4) is 11.3 Å². The fourth-order valence-electron chi connectivity index (χ4n) is 3.18. The van der Waals surface area contributed by atoms with E-state index >= 15 is 0 Å². The first-order valence-electron chi connectivity index (χ1n) is 9.16. The third-order valence-electron chi connectivity index (χ3n) is 4.67. The van der Waals surface area contributed by atoms with Gasteiger partial charge in [-0.25, -0.2) is 15.0 Å². The predicted molar refractivity (Wildman–Crippen MR) is 112 cm³/mol. The number of hydrogen-bond donors (Lipinski definition) is 0. The number of aromatic nitrogens is 3. The molecule has 0 spiro atoms. The summed E-state index contributed by atoms with van der Waals surface area (Å²) in [7, 11) is 0. The number of hydrogen-bond acceptors (Lipinski definition) is 6. The number of halogens is 1. The van der Waals surface area contributed by atoms with E-state index in [1.54, 1.807) is 12.4 Å². The number of nitrogens with zero attached hydrogens (tertiary/aromatic N) is 5. The van der Waals surface area contributed by atoms with Gasteiger partial charge in [-0.3, -0.25) is 4.98 Å². The molecule has 0 aliphatic carbocycles. The molecule has 1 aliphatic heterocycles. The van der Waals surface area contributed by atoms with Gasteiger partial charge in [-0.15, -0.1) is 11.8 Å². The molecule has 142 valence electrons. The van der Waals surface area contributed by atoms with E-state index in [9.17, 15) is 4.39 Å². The number of pyridine rings is 3. The summed E-state index contributed by atoms with van der Waals surface area (Å²) in [5.74, 6) is 1.30. The van der Waals surface area contributed by atoms with Crippen LogP contribution in [0.1, 0.15) is 18.4 Å². The molecule has 28 heavy (non-hydrogen) atoms. The first-order chi connectivity index (χ1) is 13.7. The van der Waals surface area contributed by atoms with Crippen LogP contribution in [0.15, 0.2) is 58.7 Å². The van der Waals surface area contributed by atoms with Gasteiger partial charge in [0.15, 0.2) is 5.82 Å². The number of anilines is 1. The number of thioether (sulfide) groups is 1. The summed E-state index contributed by atoms with van der Waals surface area (Å²) in [6.45, 7) is 5.52. The molecule has 0 N–H and O–H groups in total. The highest BCUT2D eigenvalue weighted by molar-refractivity contribution is 7.98. The van der Waals surface area contributed by atoms with E-state index in [2.05, 4.69) is 31.6 Å². The minimum Gasteiger partial charge on any atom is -0.357 e. The lowest BCUT2D eigenvalue weighted by atomic mass is 10.2. The Morgan fingerprint density at radius 2 is 1.96 bits per heavy atom. The Balaban J connectivity index is 1.49. The molecule has 7 heteroatoms. The standard InChI is InChI=1S/C21H20FN5S/c1-23-21-18(8-7-17(25-21)15-5-4-10-24-13-15)28-14-16-6-9-19(26-20(16)22)27-11-2-3-12-27/h4-10,13H,1-3,11-12,14H2. The molecule has 1 fully saturated rings. The highest BCUT2D eigenvalue weighted by Crippen LogP contribution is 2.33. The minimum absolute atomic E-state index is 0.412. The highest BCUT2D eigenvalue weighted by Gasteiger charge is 2.16. The monoisotopic (exact) mass is 393 g/mol. The summed E-state index contributed by atoms with van der Waals surface area (Å²) in [5, 5.41) is 0. The summed E-state index contributed by atoms with van der Waals surface area (Å²) < 4.78 is 14.5. The van der Waals surface area contributed by atoms with Crippen molar-refractivity contribution < 1.29 is 4.39 Å². The molecule has 5 nitrogen and oxygen atoms in total. The topological polar surface area (TPSA) is 54.3 Å². The largest absolute Gasteiger partial charge is 0.357 e. The Bertz CT molecular complexity index is 974. The maximum atomic E-state index is 14.5. The second-order valence-electron chi connectivity index (χ2n) is 6.52.